The van der Waals surface area contributed by atoms with Crippen molar-refractivity contribution in [2.45, 2.75) is 0 Å². The van der Waals surface area contributed by atoms with Crippen molar-refractivity contribution in [3.63, 3.8) is 0 Å². The Morgan fingerprint density at radius 1 is 0.385 bits per heavy atom. The monoisotopic (exact) mass is 682 g/mol. The largest absolute Gasteiger partial charge is 0.456 e. The van der Waals surface area contributed by atoms with E-state index in [2.05, 4.69) is 179 Å². The maximum atomic E-state index is 6.36. The van der Waals surface area contributed by atoms with Crippen LogP contribution in [0.4, 0.5) is 17.1 Å². The zero-order valence-electron chi connectivity index (χ0n) is 28.0. The number of hydrogen-bond acceptors (Lipinski definition) is 3. The summed E-state index contributed by atoms with van der Waals surface area (Å²) < 4.78 is 11.3. The molecule has 11 rings (SSSR count). The van der Waals surface area contributed by atoms with Crippen LogP contribution in [-0.2, 0) is 0 Å². The summed E-state index contributed by atoms with van der Waals surface area (Å²) in [6, 6.07) is 65.5. The summed E-state index contributed by atoms with van der Waals surface area (Å²) in [6.07, 6.45) is 0. The van der Waals surface area contributed by atoms with Gasteiger partial charge in [0.2, 0.25) is 0 Å². The Kier molecular flexibility index (Phi) is 6.42. The summed E-state index contributed by atoms with van der Waals surface area (Å²) in [5, 5.41) is 7.36. The van der Waals surface area contributed by atoms with Crippen molar-refractivity contribution in [1.82, 2.24) is 4.57 Å². The molecule has 0 bridgehead atoms. The number of aromatic nitrogens is 1. The second-order valence-corrected chi connectivity index (χ2v) is 14.4. The van der Waals surface area contributed by atoms with Gasteiger partial charge in [-0.25, -0.2) is 0 Å². The molecule has 4 heteroatoms. The average molecular weight is 683 g/mol. The number of nitrogens with zero attached hydrogens (tertiary/aromatic N) is 2. The van der Waals surface area contributed by atoms with Crippen LogP contribution in [0.15, 0.2) is 186 Å². The zero-order chi connectivity index (χ0) is 34.2. The van der Waals surface area contributed by atoms with Crippen LogP contribution in [0.5, 0.6) is 0 Å². The molecule has 0 saturated carbocycles. The average Bonchev–Trinajstić information content (AvgIpc) is 3.88. The third-order valence-corrected chi connectivity index (χ3v) is 11.6. The number of para-hydroxylation sites is 3. The minimum atomic E-state index is 0.880. The maximum absolute atomic E-state index is 6.36. The van der Waals surface area contributed by atoms with Gasteiger partial charge in [0.1, 0.15) is 11.2 Å². The van der Waals surface area contributed by atoms with Crippen LogP contribution in [0.3, 0.4) is 0 Å². The lowest BCUT2D eigenvalue weighted by Gasteiger charge is -2.26. The molecule has 244 valence electrons. The van der Waals surface area contributed by atoms with Gasteiger partial charge in [0.05, 0.1) is 11.0 Å². The first kappa shape index (κ1) is 29.1. The van der Waals surface area contributed by atoms with Crippen LogP contribution in [0.25, 0.3) is 80.7 Å². The van der Waals surface area contributed by atoms with Crippen molar-refractivity contribution >= 4 is 92.3 Å². The number of hydrogen-bond donors (Lipinski definition) is 0. The van der Waals surface area contributed by atoms with Gasteiger partial charge in [-0.3, -0.25) is 0 Å². The topological polar surface area (TPSA) is 21.3 Å². The van der Waals surface area contributed by atoms with Crippen molar-refractivity contribution in [2.75, 3.05) is 4.90 Å². The normalized spacial score (nSPS) is 11.8. The highest BCUT2D eigenvalue weighted by molar-refractivity contribution is 7.25. The lowest BCUT2D eigenvalue weighted by molar-refractivity contribution is 0.669. The standard InChI is InChI=1S/C48H30N2OS/c1-5-13-43-37(9-1)38-10-2-6-14-44(38)50(43)34-23-19-32(20-24-34)31-17-21-33(22-18-31)49(35-26-28-48-42(29-35)41-12-4-8-16-47(41)52-48)36-25-27-40-39-11-3-7-15-45(39)51-46(40)30-36/h1-30H. The van der Waals surface area contributed by atoms with Crippen LogP contribution in [-0.4, -0.2) is 4.57 Å². The Labute approximate surface area is 303 Å². The van der Waals surface area contributed by atoms with E-state index >= 15 is 0 Å². The van der Waals surface area contributed by atoms with Crippen molar-refractivity contribution in [2.24, 2.45) is 0 Å². The van der Waals surface area contributed by atoms with Gasteiger partial charge in [0, 0.05) is 70.5 Å². The van der Waals surface area contributed by atoms with E-state index in [1.165, 1.54) is 53.1 Å². The molecule has 0 atom stereocenters. The molecular formula is C48H30N2OS. The molecule has 3 aromatic heterocycles. The lowest BCUT2D eigenvalue weighted by Crippen LogP contribution is -2.09. The Morgan fingerprint density at radius 2 is 0.923 bits per heavy atom. The van der Waals surface area contributed by atoms with Gasteiger partial charge < -0.3 is 13.9 Å². The van der Waals surface area contributed by atoms with E-state index in [-0.39, 0.29) is 0 Å². The fraction of sp³-hybridized carbons (Fsp3) is 0. The second-order valence-electron chi connectivity index (χ2n) is 13.4. The number of furan rings is 1. The van der Waals surface area contributed by atoms with Gasteiger partial charge in [0.15, 0.2) is 0 Å². The molecule has 0 amide bonds. The summed E-state index contributed by atoms with van der Waals surface area (Å²) in [6.45, 7) is 0. The summed E-state index contributed by atoms with van der Waals surface area (Å²) >= 11 is 1.84. The van der Waals surface area contributed by atoms with Gasteiger partial charge in [-0.15, -0.1) is 11.3 Å². The van der Waals surface area contributed by atoms with E-state index in [0.29, 0.717) is 0 Å². The molecule has 3 heterocycles. The fourth-order valence-electron chi connectivity index (χ4n) is 7.96. The van der Waals surface area contributed by atoms with E-state index in [1.807, 2.05) is 23.5 Å². The van der Waals surface area contributed by atoms with Gasteiger partial charge in [-0.1, -0.05) is 97.1 Å². The third kappa shape index (κ3) is 4.51. The molecule has 0 aliphatic rings. The number of rotatable bonds is 5. The number of anilines is 3. The molecule has 0 fully saturated rings. The minimum Gasteiger partial charge on any atom is -0.456 e. The second kappa shape index (κ2) is 11.5. The molecule has 0 aliphatic carbocycles. The van der Waals surface area contributed by atoms with Crippen LogP contribution in [0.2, 0.25) is 0 Å². The summed E-state index contributed by atoms with van der Waals surface area (Å²) in [5.74, 6) is 0. The summed E-state index contributed by atoms with van der Waals surface area (Å²) in [5.41, 5.74) is 11.0. The Morgan fingerprint density at radius 3 is 1.67 bits per heavy atom. The first-order chi connectivity index (χ1) is 25.8. The van der Waals surface area contributed by atoms with Crippen LogP contribution >= 0.6 is 11.3 Å². The van der Waals surface area contributed by atoms with Crippen molar-refractivity contribution < 1.29 is 4.42 Å². The van der Waals surface area contributed by atoms with E-state index in [0.717, 1.165) is 44.7 Å². The first-order valence-corrected chi connectivity index (χ1v) is 18.4. The van der Waals surface area contributed by atoms with Gasteiger partial charge in [-0.05, 0) is 90.0 Å². The van der Waals surface area contributed by atoms with E-state index in [4.69, 9.17) is 4.42 Å². The molecule has 0 radical (unpaired) electrons. The molecule has 52 heavy (non-hydrogen) atoms. The number of fused-ring (bicyclic) bond motifs is 9. The smallest absolute Gasteiger partial charge is 0.137 e. The fourth-order valence-corrected chi connectivity index (χ4v) is 9.05. The Bertz CT molecular complexity index is 3070. The molecule has 0 N–H and O–H groups in total. The molecule has 8 aromatic carbocycles. The highest BCUT2D eigenvalue weighted by atomic mass is 32.1. The van der Waals surface area contributed by atoms with E-state index in [1.54, 1.807) is 0 Å². The highest BCUT2D eigenvalue weighted by Crippen LogP contribution is 2.42. The molecule has 0 aliphatic heterocycles. The lowest BCUT2D eigenvalue weighted by atomic mass is 10.0. The predicted octanol–water partition coefficient (Wildman–Crippen LogP) is 14.2. The third-order valence-electron chi connectivity index (χ3n) is 10.4. The highest BCUT2D eigenvalue weighted by Gasteiger charge is 2.18. The zero-order valence-corrected chi connectivity index (χ0v) is 28.8. The van der Waals surface area contributed by atoms with E-state index < -0.39 is 0 Å². The summed E-state index contributed by atoms with van der Waals surface area (Å²) in [4.78, 5) is 2.34. The van der Waals surface area contributed by atoms with Gasteiger partial charge in [0.25, 0.3) is 0 Å². The Balaban J connectivity index is 1.00. The molecular weight excluding hydrogens is 653 g/mol. The van der Waals surface area contributed by atoms with Gasteiger partial charge >= 0.3 is 0 Å². The van der Waals surface area contributed by atoms with Gasteiger partial charge in [-0.2, -0.15) is 0 Å². The maximum Gasteiger partial charge on any atom is 0.137 e. The van der Waals surface area contributed by atoms with Crippen LogP contribution < -0.4 is 4.90 Å². The molecule has 0 spiro atoms. The quantitative estimate of drug-likeness (QED) is 0.180. The minimum absolute atomic E-state index is 0.880. The van der Waals surface area contributed by atoms with Crippen molar-refractivity contribution in [3.05, 3.63) is 182 Å². The Hall–Kier alpha value is -6.62. The number of benzene rings is 8. The predicted molar refractivity (Wildman–Crippen MR) is 221 cm³/mol. The molecule has 3 nitrogen and oxygen atoms in total. The van der Waals surface area contributed by atoms with Crippen molar-refractivity contribution in [1.29, 1.82) is 0 Å². The van der Waals surface area contributed by atoms with Crippen LogP contribution in [0, 0.1) is 0 Å². The first-order valence-electron chi connectivity index (χ1n) is 17.6. The molecule has 0 unspecified atom stereocenters. The molecule has 0 saturated heterocycles. The van der Waals surface area contributed by atoms with Crippen molar-refractivity contribution in [3.8, 4) is 16.8 Å². The van der Waals surface area contributed by atoms with Crippen LogP contribution in [0.1, 0.15) is 0 Å². The SMILES string of the molecule is c1ccc2c(c1)oc1cc(N(c3ccc(-c4ccc(-n5c6ccccc6c6ccccc65)cc4)cc3)c3ccc4sc5ccccc5c4c3)ccc12. The number of thiophene rings is 1. The summed E-state index contributed by atoms with van der Waals surface area (Å²) in [7, 11) is 0. The molecule has 11 aromatic rings. The van der Waals surface area contributed by atoms with E-state index in [9.17, 15) is 0 Å².